The number of halogens is 2. The first-order valence-corrected chi connectivity index (χ1v) is 2.97. The number of aromatic carboxylic acids is 1. The molecular formula is C8H7Cl2NO2. The van der Waals surface area contributed by atoms with Crippen molar-refractivity contribution < 1.29 is 9.90 Å². The maximum atomic E-state index is 10.3. The third-order valence-electron chi connectivity index (χ3n) is 1.26. The third-order valence-corrected chi connectivity index (χ3v) is 1.26. The predicted octanol–water partition coefficient (Wildman–Crippen LogP) is 2.10. The largest absolute Gasteiger partial charge is 0.478 e. The van der Waals surface area contributed by atoms with Crippen molar-refractivity contribution in [2.75, 3.05) is 0 Å². The molecule has 0 saturated carbocycles. The molecule has 1 aromatic rings. The van der Waals surface area contributed by atoms with Gasteiger partial charge in [-0.1, -0.05) is 0 Å². The zero-order valence-electron chi connectivity index (χ0n) is 6.43. The van der Waals surface area contributed by atoms with E-state index in [9.17, 15) is 4.79 Å². The molecule has 0 heterocycles. The van der Waals surface area contributed by atoms with Gasteiger partial charge in [-0.05, 0) is 24.3 Å². The van der Waals surface area contributed by atoms with Crippen LogP contribution in [0.15, 0.2) is 24.3 Å². The molecule has 1 N–H and O–H groups in total. The highest BCUT2D eigenvalue weighted by Crippen LogP contribution is 2.02. The smallest absolute Gasteiger partial charge is 0.335 e. The second-order valence-corrected chi connectivity index (χ2v) is 1.99. The minimum Gasteiger partial charge on any atom is -0.478 e. The highest BCUT2D eigenvalue weighted by molar-refractivity contribution is 5.87. The number of benzene rings is 1. The van der Waals surface area contributed by atoms with Crippen molar-refractivity contribution in [3.05, 3.63) is 35.4 Å². The lowest BCUT2D eigenvalue weighted by molar-refractivity contribution is 0.0697. The second kappa shape index (κ2) is 6.30. The fraction of sp³-hybridized carbons (Fsp3) is 0. The van der Waals surface area contributed by atoms with E-state index >= 15 is 0 Å². The number of nitrogens with zero attached hydrogens (tertiary/aromatic N) is 1. The topological polar surface area (TPSA) is 61.1 Å². The summed E-state index contributed by atoms with van der Waals surface area (Å²) in [5.41, 5.74) is 0.666. The minimum absolute atomic E-state index is 0. The van der Waals surface area contributed by atoms with Crippen molar-refractivity contribution >= 4 is 30.8 Å². The molecule has 13 heavy (non-hydrogen) atoms. The van der Waals surface area contributed by atoms with Crippen LogP contribution < -0.4 is 0 Å². The maximum absolute atomic E-state index is 10.3. The fourth-order valence-corrected chi connectivity index (χ4v) is 0.687. The molecule has 0 unspecified atom stereocenters. The van der Waals surface area contributed by atoms with E-state index in [1.165, 1.54) is 24.3 Å². The van der Waals surface area contributed by atoms with Crippen LogP contribution in [0, 0.1) is 11.3 Å². The van der Waals surface area contributed by atoms with E-state index in [2.05, 4.69) is 0 Å². The van der Waals surface area contributed by atoms with E-state index in [4.69, 9.17) is 10.4 Å². The van der Waals surface area contributed by atoms with Crippen LogP contribution in [-0.4, -0.2) is 11.1 Å². The molecule has 0 saturated heterocycles. The molecule has 0 fully saturated rings. The monoisotopic (exact) mass is 219 g/mol. The molecule has 0 aliphatic carbocycles. The van der Waals surface area contributed by atoms with Gasteiger partial charge in [0, 0.05) is 0 Å². The molecule has 0 bridgehead atoms. The summed E-state index contributed by atoms with van der Waals surface area (Å²) >= 11 is 0. The number of rotatable bonds is 1. The van der Waals surface area contributed by atoms with Gasteiger partial charge in [-0.2, -0.15) is 5.26 Å². The van der Waals surface area contributed by atoms with Gasteiger partial charge in [-0.25, -0.2) is 4.79 Å². The molecule has 0 radical (unpaired) electrons. The van der Waals surface area contributed by atoms with E-state index in [1.54, 1.807) is 0 Å². The van der Waals surface area contributed by atoms with Crippen LogP contribution in [0.2, 0.25) is 0 Å². The van der Waals surface area contributed by atoms with Crippen LogP contribution in [0.5, 0.6) is 0 Å². The lowest BCUT2D eigenvalue weighted by Crippen LogP contribution is -1.94. The van der Waals surface area contributed by atoms with E-state index in [-0.39, 0.29) is 30.4 Å². The Balaban J connectivity index is 0. The van der Waals surface area contributed by atoms with Crippen LogP contribution in [0.4, 0.5) is 0 Å². The van der Waals surface area contributed by atoms with Gasteiger partial charge in [-0.3, -0.25) is 0 Å². The molecule has 0 aliphatic rings. The first kappa shape index (κ1) is 14.3. The number of nitriles is 1. The van der Waals surface area contributed by atoms with E-state index in [1.807, 2.05) is 6.07 Å². The Kier molecular flexibility index (Phi) is 6.92. The van der Waals surface area contributed by atoms with Gasteiger partial charge in [0.15, 0.2) is 0 Å². The molecule has 0 aliphatic heterocycles. The average molecular weight is 220 g/mol. The van der Waals surface area contributed by atoms with Crippen molar-refractivity contribution in [3.63, 3.8) is 0 Å². The SMILES string of the molecule is Cl.Cl.N#Cc1ccc(C(=O)O)cc1. The van der Waals surface area contributed by atoms with Gasteiger partial charge in [0.1, 0.15) is 0 Å². The summed E-state index contributed by atoms with van der Waals surface area (Å²) in [6.07, 6.45) is 0. The third kappa shape index (κ3) is 3.79. The Labute approximate surface area is 87.8 Å². The molecule has 5 heteroatoms. The zero-order chi connectivity index (χ0) is 8.27. The average Bonchev–Trinajstić information content (AvgIpc) is 2.05. The number of carboxylic acids is 1. The highest BCUT2D eigenvalue weighted by Gasteiger charge is 1.99. The van der Waals surface area contributed by atoms with Gasteiger partial charge in [-0.15, -0.1) is 24.8 Å². The fourth-order valence-electron chi connectivity index (χ4n) is 0.687. The minimum atomic E-state index is -0.977. The Morgan fingerprint density at radius 3 is 2.00 bits per heavy atom. The molecule has 1 rings (SSSR count). The first-order chi connectivity index (χ1) is 5.24. The summed E-state index contributed by atoms with van der Waals surface area (Å²) in [5.74, 6) is -0.977. The molecule has 3 nitrogen and oxygen atoms in total. The molecule has 0 spiro atoms. The number of hydrogen-bond acceptors (Lipinski definition) is 2. The first-order valence-electron chi connectivity index (χ1n) is 2.97. The number of carbonyl (C=O) groups is 1. The molecule has 0 amide bonds. The summed E-state index contributed by atoms with van der Waals surface area (Å²) in [6.45, 7) is 0. The van der Waals surface area contributed by atoms with Crippen LogP contribution in [0.1, 0.15) is 15.9 Å². The normalized spacial score (nSPS) is 7.31. The van der Waals surface area contributed by atoms with Crippen LogP contribution in [0.25, 0.3) is 0 Å². The summed E-state index contributed by atoms with van der Waals surface area (Å²) in [6, 6.07) is 7.66. The maximum Gasteiger partial charge on any atom is 0.335 e. The van der Waals surface area contributed by atoms with Crippen LogP contribution >= 0.6 is 24.8 Å². The zero-order valence-corrected chi connectivity index (χ0v) is 8.06. The van der Waals surface area contributed by atoms with Crippen molar-refractivity contribution in [1.82, 2.24) is 0 Å². The molecule has 0 atom stereocenters. The predicted molar refractivity (Wildman–Crippen MR) is 52.6 cm³/mol. The quantitative estimate of drug-likeness (QED) is 0.788. The Hall–Kier alpha value is -1.24. The Morgan fingerprint density at radius 1 is 1.23 bits per heavy atom. The number of carboxylic acid groups (broad SMARTS) is 1. The van der Waals surface area contributed by atoms with Crippen molar-refractivity contribution in [3.8, 4) is 6.07 Å². The van der Waals surface area contributed by atoms with Crippen molar-refractivity contribution in [1.29, 1.82) is 5.26 Å². The summed E-state index contributed by atoms with van der Waals surface area (Å²) in [4.78, 5) is 10.3. The molecule has 0 aromatic heterocycles. The number of hydrogen-bond donors (Lipinski definition) is 1. The van der Waals surface area contributed by atoms with Gasteiger partial charge >= 0.3 is 5.97 Å². The Morgan fingerprint density at radius 2 is 1.69 bits per heavy atom. The van der Waals surface area contributed by atoms with E-state index < -0.39 is 5.97 Å². The van der Waals surface area contributed by atoms with Crippen molar-refractivity contribution in [2.45, 2.75) is 0 Å². The van der Waals surface area contributed by atoms with Gasteiger partial charge < -0.3 is 5.11 Å². The van der Waals surface area contributed by atoms with Gasteiger partial charge in [0.2, 0.25) is 0 Å². The summed E-state index contributed by atoms with van der Waals surface area (Å²) in [5, 5.41) is 16.8. The van der Waals surface area contributed by atoms with E-state index in [0.717, 1.165) is 0 Å². The summed E-state index contributed by atoms with van der Waals surface area (Å²) < 4.78 is 0. The van der Waals surface area contributed by atoms with Crippen LogP contribution in [-0.2, 0) is 0 Å². The van der Waals surface area contributed by atoms with E-state index in [0.29, 0.717) is 5.56 Å². The summed E-state index contributed by atoms with van der Waals surface area (Å²) in [7, 11) is 0. The molecule has 1 aromatic carbocycles. The Bertz CT molecular complexity index is 316. The van der Waals surface area contributed by atoms with Crippen LogP contribution in [0.3, 0.4) is 0 Å². The standard InChI is InChI=1S/C8H5NO2.2ClH/c9-5-6-1-3-7(4-2-6)8(10)11;;/h1-4H,(H,10,11);2*1H. The lowest BCUT2D eigenvalue weighted by atomic mass is 10.1. The second-order valence-electron chi connectivity index (χ2n) is 1.99. The van der Waals surface area contributed by atoms with Crippen molar-refractivity contribution in [2.24, 2.45) is 0 Å². The van der Waals surface area contributed by atoms with Gasteiger partial charge in [0.25, 0.3) is 0 Å². The highest BCUT2D eigenvalue weighted by atomic mass is 35.5. The lowest BCUT2D eigenvalue weighted by Gasteiger charge is -1.91. The molecular weight excluding hydrogens is 213 g/mol. The van der Waals surface area contributed by atoms with Gasteiger partial charge in [0.05, 0.1) is 17.2 Å². The molecule has 70 valence electrons.